The average molecular weight is 1070 g/mol. The van der Waals surface area contributed by atoms with Gasteiger partial charge in [-0.25, -0.2) is 87.8 Å². The molecule has 3 nitrogen and oxygen atoms in total. The summed E-state index contributed by atoms with van der Waals surface area (Å²) in [5, 5.41) is 0. The van der Waals surface area contributed by atoms with E-state index in [1.165, 1.54) is 31.4 Å². The molecule has 1 atom stereocenters. The van der Waals surface area contributed by atoms with Crippen LogP contribution >= 0.6 is 0 Å². The molecule has 6 aromatic carbocycles. The van der Waals surface area contributed by atoms with E-state index in [-0.39, 0.29) is 11.5 Å². The van der Waals surface area contributed by atoms with Gasteiger partial charge >= 0.3 is 0 Å². The summed E-state index contributed by atoms with van der Waals surface area (Å²) in [6.07, 6.45) is -0.848. The number of unbranched alkanes of at least 4 members (excludes halogenated alkanes) is 2. The lowest BCUT2D eigenvalue weighted by Crippen LogP contribution is -2.81. The zero-order valence-corrected chi connectivity index (χ0v) is 37.8. The van der Waals surface area contributed by atoms with Crippen LogP contribution in [0.5, 0.6) is 0 Å². The smallest absolute Gasteiger partial charge is 0.212 e. The van der Waals surface area contributed by atoms with E-state index in [2.05, 4.69) is 30.9 Å². The number of carbonyl (C=O) groups excluding carboxylic acids is 1. The normalized spacial score (nSPS) is 12.4. The van der Waals surface area contributed by atoms with Gasteiger partial charge < -0.3 is 4.90 Å². The molecule has 1 unspecified atom stereocenters. The number of halogens is 20. The van der Waals surface area contributed by atoms with Crippen LogP contribution in [0, 0.1) is 116 Å². The van der Waals surface area contributed by atoms with Gasteiger partial charge in [-0.1, -0.05) is 61.2 Å². The summed E-state index contributed by atoms with van der Waals surface area (Å²) in [5.74, 6) is -71.4. The molecule has 6 rings (SSSR count). The van der Waals surface area contributed by atoms with Crippen molar-refractivity contribution in [3.63, 3.8) is 0 Å². The van der Waals surface area contributed by atoms with E-state index in [9.17, 15) is 61.7 Å². The largest absolute Gasteiger partial charge is 0.372 e. The highest BCUT2D eigenvalue weighted by atomic mass is 32.2. The fourth-order valence-electron chi connectivity index (χ4n) is 7.93. The van der Waals surface area contributed by atoms with Gasteiger partial charge in [0.1, 0.15) is 68.9 Å². The van der Waals surface area contributed by atoms with E-state index in [4.69, 9.17) is 0 Å². The first-order chi connectivity index (χ1) is 33.7. The van der Waals surface area contributed by atoms with Gasteiger partial charge in [0.05, 0.1) is 0 Å². The van der Waals surface area contributed by atoms with Crippen molar-refractivity contribution in [1.29, 1.82) is 0 Å². The predicted octanol–water partition coefficient (Wildman–Crippen LogP) is 11.3. The minimum atomic E-state index is -7.22. The third-order valence-electron chi connectivity index (χ3n) is 11.5. The van der Waals surface area contributed by atoms with Crippen LogP contribution in [0.4, 0.5) is 93.5 Å². The highest BCUT2D eigenvalue weighted by Gasteiger charge is 2.52. The Kier molecular flexibility index (Phi) is 17.4. The second-order valence-electron chi connectivity index (χ2n) is 15.9. The van der Waals surface area contributed by atoms with Gasteiger partial charge in [0, 0.05) is 24.3 Å². The Hall–Kier alpha value is -6.40. The molecule has 0 heterocycles. The van der Waals surface area contributed by atoms with Crippen LogP contribution in [0.25, 0.3) is 0 Å². The second kappa shape index (κ2) is 22.2. The maximum atomic E-state index is 15.4. The Morgan fingerprint density at radius 2 is 0.681 bits per heavy atom. The molecule has 0 bridgehead atoms. The van der Waals surface area contributed by atoms with E-state index < -0.39 is 154 Å². The van der Waals surface area contributed by atoms with Gasteiger partial charge in [-0.2, -0.15) is 0 Å². The number of benzene rings is 6. The van der Waals surface area contributed by atoms with Crippen molar-refractivity contribution in [1.82, 2.24) is 0 Å². The highest BCUT2D eigenvalue weighted by Crippen LogP contribution is 2.31. The number of anilines is 1. The number of Topliss-reactive ketones (excluding diaryl/α,β-unsaturated/α-hetero) is 1. The fraction of sp³-hybridized carbons (Fsp3) is 0.213. The maximum absolute atomic E-state index is 15.4. The number of nitrogens with zero attached hydrogens (tertiary/aromatic N) is 1. The number of carbonyl (C=O) groups is 1. The van der Waals surface area contributed by atoms with Crippen molar-refractivity contribution in [2.75, 3.05) is 30.0 Å². The van der Waals surface area contributed by atoms with Crippen molar-refractivity contribution in [2.45, 2.75) is 44.4 Å². The molecular weight excluding hydrogens is 1030 g/mol. The summed E-state index contributed by atoms with van der Waals surface area (Å²) in [7, 11) is -2.40. The third kappa shape index (κ3) is 9.91. The van der Waals surface area contributed by atoms with Crippen LogP contribution < -0.4 is 26.8 Å². The zero-order valence-electron chi connectivity index (χ0n) is 37.0. The van der Waals surface area contributed by atoms with Gasteiger partial charge in [-0.15, -0.1) is 21.9 Å². The number of hydrogen-bond acceptors (Lipinski definition) is 3. The summed E-state index contributed by atoms with van der Waals surface area (Å²) in [5.41, 5.74) is -12.5. The first-order valence-electron chi connectivity index (χ1n) is 20.8. The third-order valence-corrected chi connectivity index (χ3v) is 13.6. The predicted molar refractivity (Wildman–Crippen MR) is 226 cm³/mol. The monoisotopic (exact) mass is 1070 g/mol. The van der Waals surface area contributed by atoms with E-state index in [0.29, 0.717) is 5.56 Å². The molecule has 0 saturated carbocycles. The van der Waals surface area contributed by atoms with Gasteiger partial charge in [0.2, 0.25) is 5.78 Å². The lowest BCUT2D eigenvalue weighted by molar-refractivity contribution is 0.102. The SMILES string of the molecule is CCCCN(CCCC)c1ccc([S+](C)(=O)CC(=O)c2ccccc2)cc1.Fc1c(F)c(F)c([B-](c2c(F)c(F)c(F)c(F)c2F)(c2c(F)c(F)c(F)c(F)c2F)c2c(F)c(F)c(F)c(F)c2F)c(F)c1F. The molecule has 0 aliphatic carbocycles. The summed E-state index contributed by atoms with van der Waals surface area (Å²) < 4.78 is 307. The van der Waals surface area contributed by atoms with Crippen LogP contribution in [0.2, 0.25) is 0 Å². The van der Waals surface area contributed by atoms with Crippen molar-refractivity contribution in [3.05, 3.63) is 177 Å². The van der Waals surface area contributed by atoms with Crippen LogP contribution in [0.3, 0.4) is 0 Å². The topological polar surface area (TPSA) is 37.4 Å². The zero-order chi connectivity index (χ0) is 54.1. The Bertz CT molecular complexity index is 2710. The molecule has 72 heavy (non-hydrogen) atoms. The van der Waals surface area contributed by atoms with Crippen molar-refractivity contribution in [3.8, 4) is 0 Å². The van der Waals surface area contributed by atoms with Crippen molar-refractivity contribution in [2.24, 2.45) is 0 Å². The average Bonchev–Trinajstić information content (AvgIpc) is 3.36. The summed E-state index contributed by atoms with van der Waals surface area (Å²) in [6, 6.07) is 17.1. The van der Waals surface area contributed by atoms with Crippen LogP contribution in [0.15, 0.2) is 59.5 Å². The van der Waals surface area contributed by atoms with E-state index in [1.807, 2.05) is 30.3 Å². The highest BCUT2D eigenvalue weighted by molar-refractivity contribution is 8.03. The molecule has 0 saturated heterocycles. The van der Waals surface area contributed by atoms with Crippen molar-refractivity contribution < 1.29 is 96.8 Å². The van der Waals surface area contributed by atoms with Crippen LogP contribution in [-0.2, 0) is 14.1 Å². The molecule has 386 valence electrons. The second-order valence-corrected chi connectivity index (χ2v) is 18.7. The molecule has 0 fully saturated rings. The number of rotatable bonds is 15. The number of hydrogen-bond donors (Lipinski definition) is 0. The molecule has 0 aliphatic rings. The van der Waals surface area contributed by atoms with E-state index >= 15 is 35.1 Å². The van der Waals surface area contributed by atoms with Crippen molar-refractivity contribution >= 4 is 49.4 Å². The van der Waals surface area contributed by atoms with E-state index in [1.54, 1.807) is 18.4 Å². The Balaban J connectivity index is 0.000000304. The molecule has 0 radical (unpaired) electrons. The van der Waals surface area contributed by atoms with Gasteiger partial charge in [-0.3, -0.25) is 4.79 Å². The van der Waals surface area contributed by atoms with Crippen LogP contribution in [0.1, 0.15) is 49.9 Å². The summed E-state index contributed by atoms with van der Waals surface area (Å²) in [4.78, 5) is 15.6. The minimum absolute atomic E-state index is 0.0474. The van der Waals surface area contributed by atoms with Gasteiger partial charge in [0.15, 0.2) is 80.5 Å². The summed E-state index contributed by atoms with van der Waals surface area (Å²) in [6.45, 7) is 6.50. The Labute approximate surface area is 396 Å². The standard InChI is InChI=1S/C24BF20.C23H32NO2S/c26-5-1(6(27)14(35)21(42)13(5)34)25(2-7(28)15(36)22(43)16(37)8(2)29,3-9(30)17(38)23(44)18(39)10(3)31)4-11(32)19(40)24(45)20(41)12(4)33;1-4-6-17-24(18-7-5-2)21-13-15-22(16-14-21)27(3,26)19-23(25)20-11-9-8-10-12-20/h;8-16H,4-7,17-19H2,1-3H3/q-1;+1. The molecule has 0 N–H and O–H groups in total. The lowest BCUT2D eigenvalue weighted by Gasteiger charge is -2.44. The maximum Gasteiger partial charge on any atom is 0.212 e. The van der Waals surface area contributed by atoms with Gasteiger partial charge in [0.25, 0.3) is 0 Å². The number of ketones is 1. The molecule has 0 aliphatic heterocycles. The van der Waals surface area contributed by atoms with E-state index in [0.717, 1.165) is 18.0 Å². The minimum Gasteiger partial charge on any atom is -0.372 e. The van der Waals surface area contributed by atoms with Gasteiger partial charge in [-0.05, 0) is 37.1 Å². The first-order valence-corrected chi connectivity index (χ1v) is 22.9. The Morgan fingerprint density at radius 3 is 0.944 bits per heavy atom. The molecular formula is C47H32BF20NO2S. The fourth-order valence-corrected chi connectivity index (χ4v) is 9.47. The molecule has 25 heteroatoms. The first kappa shape index (κ1) is 56.5. The molecule has 0 amide bonds. The van der Waals surface area contributed by atoms with Crippen LogP contribution in [-0.4, -0.2) is 37.0 Å². The molecule has 6 aromatic rings. The molecule has 0 spiro atoms. The lowest BCUT2D eigenvalue weighted by atomic mass is 9.12. The summed E-state index contributed by atoms with van der Waals surface area (Å²) >= 11 is 0. The molecule has 0 aromatic heterocycles. The quantitative estimate of drug-likeness (QED) is 0.0257. The Morgan fingerprint density at radius 1 is 0.417 bits per heavy atom.